The van der Waals surface area contributed by atoms with Gasteiger partial charge in [-0.25, -0.2) is 14.2 Å². The molecule has 0 spiro atoms. The predicted octanol–water partition coefficient (Wildman–Crippen LogP) is 3.19. The number of aromatic nitrogens is 2. The van der Waals surface area contributed by atoms with E-state index in [2.05, 4.69) is 4.98 Å². The van der Waals surface area contributed by atoms with Crippen molar-refractivity contribution < 1.29 is 9.90 Å². The minimum atomic E-state index is -1.21. The van der Waals surface area contributed by atoms with Gasteiger partial charge in [-0.3, -0.25) is 9.78 Å². The lowest BCUT2D eigenvalue weighted by Crippen LogP contribution is -2.41. The van der Waals surface area contributed by atoms with Gasteiger partial charge < -0.3 is 5.11 Å². The molecule has 0 fully saturated rings. The van der Waals surface area contributed by atoms with Crippen LogP contribution in [0.15, 0.2) is 33.9 Å². The van der Waals surface area contributed by atoms with Crippen molar-refractivity contribution in [1.29, 1.82) is 0 Å². The zero-order valence-corrected chi connectivity index (χ0v) is 16.4. The number of aromatic amines is 1. The maximum atomic E-state index is 13.0. The summed E-state index contributed by atoms with van der Waals surface area (Å²) in [6.45, 7) is 5.82. The molecule has 6 nitrogen and oxygen atoms in total. The normalized spacial score (nSPS) is 12.4. The number of nitrogens with one attached hydrogen (secondary N) is 1. The molecule has 2 aromatic heterocycles. The van der Waals surface area contributed by atoms with E-state index in [-0.39, 0.29) is 6.42 Å². The molecule has 27 heavy (non-hydrogen) atoms. The van der Waals surface area contributed by atoms with E-state index < -0.39 is 23.3 Å². The monoisotopic (exact) mass is 386 g/mol. The van der Waals surface area contributed by atoms with Gasteiger partial charge >= 0.3 is 11.7 Å². The number of thiophene rings is 1. The molecule has 0 aliphatic rings. The Morgan fingerprint density at radius 3 is 2.48 bits per heavy atom. The number of benzene rings is 1. The number of carboxylic acids is 1. The number of hydrogen-bond acceptors (Lipinski definition) is 4. The first-order chi connectivity index (χ1) is 12.8. The topological polar surface area (TPSA) is 92.2 Å². The minimum absolute atomic E-state index is 0.164. The van der Waals surface area contributed by atoms with Gasteiger partial charge in [-0.15, -0.1) is 11.3 Å². The van der Waals surface area contributed by atoms with Gasteiger partial charge in [0.15, 0.2) is 0 Å². The quantitative estimate of drug-likeness (QED) is 0.680. The first-order valence-corrected chi connectivity index (χ1v) is 9.70. The average Bonchev–Trinajstić information content (AvgIpc) is 2.93. The first kappa shape index (κ1) is 19.1. The third-order valence-corrected chi connectivity index (χ3v) is 5.92. The van der Waals surface area contributed by atoms with Crippen LogP contribution in [-0.4, -0.2) is 20.6 Å². The Hall–Kier alpha value is -2.67. The van der Waals surface area contributed by atoms with E-state index in [0.717, 1.165) is 26.1 Å². The summed E-state index contributed by atoms with van der Waals surface area (Å²) in [5, 5.41) is 10.1. The van der Waals surface area contributed by atoms with Gasteiger partial charge in [0.2, 0.25) is 0 Å². The molecule has 0 aliphatic heterocycles. The molecule has 0 saturated carbocycles. The Morgan fingerprint density at radius 1 is 1.22 bits per heavy atom. The molecule has 0 radical (unpaired) electrons. The van der Waals surface area contributed by atoms with Crippen molar-refractivity contribution in [2.24, 2.45) is 0 Å². The second-order valence-electron chi connectivity index (χ2n) is 6.68. The summed E-state index contributed by atoms with van der Waals surface area (Å²) in [6, 6.07) is 6.57. The van der Waals surface area contributed by atoms with Crippen LogP contribution < -0.4 is 11.2 Å². The molecule has 0 saturated heterocycles. The van der Waals surface area contributed by atoms with Crippen LogP contribution in [-0.2, 0) is 17.6 Å². The van der Waals surface area contributed by atoms with Crippen LogP contribution in [0.3, 0.4) is 0 Å². The Balaban J connectivity index is 2.06. The molecule has 142 valence electrons. The molecule has 0 bridgehead atoms. The maximum absolute atomic E-state index is 13.0. The van der Waals surface area contributed by atoms with Gasteiger partial charge in [0.05, 0.1) is 5.39 Å². The van der Waals surface area contributed by atoms with Crippen LogP contribution in [0.2, 0.25) is 0 Å². The molecule has 1 atom stereocenters. The summed E-state index contributed by atoms with van der Waals surface area (Å²) in [7, 11) is 0. The van der Waals surface area contributed by atoms with Crippen molar-refractivity contribution in [3.63, 3.8) is 0 Å². The molecule has 3 aromatic rings. The van der Waals surface area contributed by atoms with Gasteiger partial charge in [-0.05, 0) is 44.2 Å². The summed E-state index contributed by atoms with van der Waals surface area (Å²) in [4.78, 5) is 41.6. The molecule has 1 unspecified atom stereocenters. The molecule has 3 rings (SSSR count). The van der Waals surface area contributed by atoms with E-state index in [4.69, 9.17) is 0 Å². The number of rotatable bonds is 6. The lowest BCUT2D eigenvalue weighted by Gasteiger charge is -2.15. The summed E-state index contributed by atoms with van der Waals surface area (Å²) < 4.78 is 0.865. The van der Waals surface area contributed by atoms with E-state index in [1.165, 1.54) is 11.3 Å². The van der Waals surface area contributed by atoms with Crippen LogP contribution in [0.1, 0.15) is 41.0 Å². The van der Waals surface area contributed by atoms with Crippen molar-refractivity contribution in [3.8, 4) is 0 Å². The van der Waals surface area contributed by atoms with Crippen LogP contribution in [0, 0.1) is 13.8 Å². The highest BCUT2D eigenvalue weighted by atomic mass is 32.1. The highest BCUT2D eigenvalue weighted by Crippen LogP contribution is 2.27. The smallest absolute Gasteiger partial charge is 0.330 e. The van der Waals surface area contributed by atoms with E-state index in [1.807, 2.05) is 45.0 Å². The van der Waals surface area contributed by atoms with Crippen LogP contribution in [0.25, 0.3) is 10.2 Å². The average molecular weight is 386 g/mol. The summed E-state index contributed by atoms with van der Waals surface area (Å²) in [6.07, 6.45) is 1.27. The molecule has 1 aromatic carbocycles. The zero-order chi connectivity index (χ0) is 19.7. The van der Waals surface area contributed by atoms with Crippen molar-refractivity contribution in [1.82, 2.24) is 9.55 Å². The van der Waals surface area contributed by atoms with Crippen molar-refractivity contribution in [2.75, 3.05) is 0 Å². The fourth-order valence-corrected chi connectivity index (χ4v) is 4.52. The number of carbonyl (C=O) groups is 1. The van der Waals surface area contributed by atoms with Crippen molar-refractivity contribution in [3.05, 3.63) is 66.7 Å². The lowest BCUT2D eigenvalue weighted by atomic mass is 10.0. The van der Waals surface area contributed by atoms with Crippen LogP contribution in [0.5, 0.6) is 0 Å². The molecule has 2 heterocycles. The molecule has 0 aliphatic carbocycles. The number of carboxylic acid groups (broad SMARTS) is 1. The molecule has 2 N–H and O–H groups in total. The van der Waals surface area contributed by atoms with E-state index in [9.17, 15) is 19.5 Å². The lowest BCUT2D eigenvalue weighted by molar-refractivity contribution is -0.141. The van der Waals surface area contributed by atoms with Crippen LogP contribution in [0.4, 0.5) is 0 Å². The zero-order valence-electron chi connectivity index (χ0n) is 15.5. The maximum Gasteiger partial charge on any atom is 0.330 e. The Labute approximate surface area is 160 Å². The molecule has 7 heteroatoms. The Kier molecular flexibility index (Phi) is 5.32. The van der Waals surface area contributed by atoms with Gasteiger partial charge in [0.1, 0.15) is 10.9 Å². The SMILES string of the molecule is CCc1c(C)sc2[nH]c(=O)n(C(CCc3ccc(C)cc3)C(=O)O)c(=O)c12. The van der Waals surface area contributed by atoms with Gasteiger partial charge in [0, 0.05) is 4.88 Å². The van der Waals surface area contributed by atoms with Crippen LogP contribution >= 0.6 is 11.3 Å². The Bertz CT molecular complexity index is 1110. The number of nitrogens with zero attached hydrogens (tertiary/aromatic N) is 1. The van der Waals surface area contributed by atoms with E-state index >= 15 is 0 Å². The third kappa shape index (κ3) is 3.60. The highest BCUT2D eigenvalue weighted by molar-refractivity contribution is 7.18. The summed E-state index contributed by atoms with van der Waals surface area (Å²) in [5.41, 5.74) is 1.76. The molecule has 0 amide bonds. The standard InChI is InChI=1S/C20H22N2O4S/c1-4-14-12(3)27-17-16(14)18(23)22(20(26)21-17)15(19(24)25)10-9-13-7-5-11(2)6-8-13/h5-8,15H,4,9-10H2,1-3H3,(H,21,26)(H,24,25). The summed E-state index contributed by atoms with van der Waals surface area (Å²) >= 11 is 1.36. The van der Waals surface area contributed by atoms with E-state index in [0.29, 0.717) is 23.1 Å². The fourth-order valence-electron chi connectivity index (χ4n) is 3.39. The third-order valence-electron chi connectivity index (χ3n) is 4.86. The summed E-state index contributed by atoms with van der Waals surface area (Å²) in [5.74, 6) is -1.18. The number of aryl methyl sites for hydroxylation is 4. The largest absolute Gasteiger partial charge is 0.480 e. The second kappa shape index (κ2) is 7.52. The number of fused-ring (bicyclic) bond motifs is 1. The van der Waals surface area contributed by atoms with Crippen molar-refractivity contribution in [2.45, 2.75) is 46.1 Å². The number of hydrogen-bond donors (Lipinski definition) is 2. The Morgan fingerprint density at radius 2 is 1.89 bits per heavy atom. The fraction of sp³-hybridized carbons (Fsp3) is 0.350. The van der Waals surface area contributed by atoms with Gasteiger partial charge in [0.25, 0.3) is 5.56 Å². The van der Waals surface area contributed by atoms with Gasteiger partial charge in [-0.2, -0.15) is 0 Å². The molecular formula is C20H22N2O4S. The van der Waals surface area contributed by atoms with Gasteiger partial charge in [-0.1, -0.05) is 36.8 Å². The second-order valence-corrected chi connectivity index (χ2v) is 7.90. The number of aliphatic carboxylic acids is 1. The highest BCUT2D eigenvalue weighted by Gasteiger charge is 2.26. The first-order valence-electron chi connectivity index (χ1n) is 8.88. The predicted molar refractivity (Wildman–Crippen MR) is 107 cm³/mol. The molecular weight excluding hydrogens is 364 g/mol. The van der Waals surface area contributed by atoms with Crippen molar-refractivity contribution >= 4 is 27.5 Å². The number of H-pyrrole nitrogens is 1. The van der Waals surface area contributed by atoms with E-state index in [1.54, 1.807) is 0 Å². The minimum Gasteiger partial charge on any atom is -0.480 e.